The van der Waals surface area contributed by atoms with Gasteiger partial charge in [0.15, 0.2) is 0 Å². The highest BCUT2D eigenvalue weighted by atomic mass is 35.5. The zero-order valence-corrected chi connectivity index (χ0v) is 12.6. The highest BCUT2D eigenvalue weighted by Gasteiger charge is 2.28. The van der Waals surface area contributed by atoms with E-state index in [1.165, 1.54) is 0 Å². The Bertz CT molecular complexity index is 482. The lowest BCUT2D eigenvalue weighted by Gasteiger charge is -2.37. The van der Waals surface area contributed by atoms with Gasteiger partial charge in [0.1, 0.15) is 11.9 Å². The Morgan fingerprint density at radius 1 is 1.33 bits per heavy atom. The number of nitrogens with one attached hydrogen (secondary N) is 1. The second kappa shape index (κ2) is 6.60. The van der Waals surface area contributed by atoms with E-state index in [1.54, 1.807) is 6.20 Å². The largest absolute Gasteiger partial charge is 0.378 e. The average Bonchev–Trinajstić information content (AvgIpc) is 2.56. The Hall–Kier alpha value is -1.37. The predicted molar refractivity (Wildman–Crippen MR) is 80.6 cm³/mol. The van der Waals surface area contributed by atoms with Gasteiger partial charge in [-0.3, -0.25) is 4.79 Å². The van der Waals surface area contributed by atoms with E-state index in [2.05, 4.69) is 15.2 Å². The number of pyridine rings is 1. The van der Waals surface area contributed by atoms with E-state index in [9.17, 15) is 4.79 Å². The van der Waals surface area contributed by atoms with E-state index >= 15 is 0 Å². The van der Waals surface area contributed by atoms with Crippen molar-refractivity contribution in [1.29, 1.82) is 0 Å². The third-order valence-corrected chi connectivity index (χ3v) is 4.07. The zero-order chi connectivity index (χ0) is 14.7. The van der Waals surface area contributed by atoms with Gasteiger partial charge in [0.2, 0.25) is 5.91 Å². The molecule has 3 rings (SSSR count). The molecule has 1 unspecified atom stereocenters. The zero-order valence-electron chi connectivity index (χ0n) is 11.8. The summed E-state index contributed by atoms with van der Waals surface area (Å²) in [7, 11) is 0. The van der Waals surface area contributed by atoms with Crippen molar-refractivity contribution in [3.63, 3.8) is 0 Å². The van der Waals surface area contributed by atoms with E-state index in [0.717, 1.165) is 25.5 Å². The minimum absolute atomic E-state index is 0.137. The van der Waals surface area contributed by atoms with Crippen molar-refractivity contribution in [2.24, 2.45) is 0 Å². The number of amides is 1. The first-order chi connectivity index (χ1) is 10.2. The Morgan fingerprint density at radius 3 is 2.76 bits per heavy atom. The molecule has 0 radical (unpaired) electrons. The van der Waals surface area contributed by atoms with Crippen molar-refractivity contribution in [3.05, 3.63) is 23.4 Å². The van der Waals surface area contributed by atoms with Crippen LogP contribution in [0.1, 0.15) is 0 Å². The highest BCUT2D eigenvalue weighted by molar-refractivity contribution is 6.30. The molecule has 2 aliphatic rings. The summed E-state index contributed by atoms with van der Waals surface area (Å²) >= 11 is 5.85. The van der Waals surface area contributed by atoms with E-state index < -0.39 is 0 Å². The molecule has 2 aliphatic heterocycles. The molecule has 2 fully saturated rings. The predicted octanol–water partition coefficient (Wildman–Crippen LogP) is 0.372. The van der Waals surface area contributed by atoms with Gasteiger partial charge in [-0.25, -0.2) is 4.98 Å². The van der Waals surface area contributed by atoms with E-state index in [4.69, 9.17) is 16.3 Å². The molecule has 1 aromatic rings. The SMILES string of the molecule is O=C(C1COCCN1)N1CCN(c2ccc(Cl)cn2)CC1. The van der Waals surface area contributed by atoms with Crippen molar-refractivity contribution in [2.45, 2.75) is 6.04 Å². The Balaban J connectivity index is 1.54. The summed E-state index contributed by atoms with van der Waals surface area (Å²) in [5, 5.41) is 3.84. The number of hydrogen-bond acceptors (Lipinski definition) is 5. The molecule has 1 atom stereocenters. The summed E-state index contributed by atoms with van der Waals surface area (Å²) in [4.78, 5) is 20.8. The Morgan fingerprint density at radius 2 is 2.14 bits per heavy atom. The lowest BCUT2D eigenvalue weighted by molar-refractivity contribution is -0.136. The number of rotatable bonds is 2. The summed E-state index contributed by atoms with van der Waals surface area (Å²) in [5.41, 5.74) is 0. The van der Waals surface area contributed by atoms with Crippen LogP contribution in [0.3, 0.4) is 0 Å². The maximum atomic E-state index is 12.4. The number of hydrogen-bond donors (Lipinski definition) is 1. The molecule has 0 aliphatic carbocycles. The minimum Gasteiger partial charge on any atom is -0.378 e. The summed E-state index contributed by atoms with van der Waals surface area (Å²) in [6, 6.07) is 3.56. The smallest absolute Gasteiger partial charge is 0.242 e. The fraction of sp³-hybridized carbons (Fsp3) is 0.571. The van der Waals surface area contributed by atoms with Crippen LogP contribution in [0.2, 0.25) is 5.02 Å². The first-order valence-electron chi connectivity index (χ1n) is 7.20. The molecule has 6 nitrogen and oxygen atoms in total. The van der Waals surface area contributed by atoms with Crippen LogP contribution >= 0.6 is 11.6 Å². The molecule has 1 N–H and O–H groups in total. The van der Waals surface area contributed by atoms with Crippen LogP contribution in [0.15, 0.2) is 18.3 Å². The van der Waals surface area contributed by atoms with Crippen LogP contribution in [0.4, 0.5) is 5.82 Å². The third-order valence-electron chi connectivity index (χ3n) is 3.85. The molecule has 1 amide bonds. The molecule has 3 heterocycles. The number of halogens is 1. The van der Waals surface area contributed by atoms with Gasteiger partial charge in [-0.05, 0) is 12.1 Å². The standard InChI is InChI=1S/C14H19ClN4O2/c15-11-1-2-13(17-9-11)18-4-6-19(7-5-18)14(20)12-10-21-8-3-16-12/h1-2,9,12,16H,3-8,10H2. The number of ether oxygens (including phenoxy) is 1. The molecule has 0 bridgehead atoms. The fourth-order valence-corrected chi connectivity index (χ4v) is 2.77. The second-order valence-electron chi connectivity index (χ2n) is 5.23. The van der Waals surface area contributed by atoms with Crippen LogP contribution in [-0.4, -0.2) is 67.8 Å². The molecule has 114 valence electrons. The normalized spacial score (nSPS) is 23.2. The van der Waals surface area contributed by atoms with Gasteiger partial charge in [0.25, 0.3) is 0 Å². The van der Waals surface area contributed by atoms with E-state index in [0.29, 0.717) is 31.3 Å². The number of carbonyl (C=O) groups is 1. The van der Waals surface area contributed by atoms with Crippen molar-refractivity contribution in [1.82, 2.24) is 15.2 Å². The highest BCUT2D eigenvalue weighted by Crippen LogP contribution is 2.16. The summed E-state index contributed by atoms with van der Waals surface area (Å²) < 4.78 is 5.35. The summed E-state index contributed by atoms with van der Waals surface area (Å²) in [5.74, 6) is 1.05. The summed E-state index contributed by atoms with van der Waals surface area (Å²) in [6.45, 7) is 4.88. The van der Waals surface area contributed by atoms with Gasteiger partial charge in [0.05, 0.1) is 18.2 Å². The van der Waals surface area contributed by atoms with Gasteiger partial charge in [-0.15, -0.1) is 0 Å². The third kappa shape index (κ3) is 3.45. The molecular weight excluding hydrogens is 292 g/mol. The average molecular weight is 311 g/mol. The van der Waals surface area contributed by atoms with Gasteiger partial charge in [0, 0.05) is 38.9 Å². The van der Waals surface area contributed by atoms with E-state index in [-0.39, 0.29) is 11.9 Å². The van der Waals surface area contributed by atoms with Crippen LogP contribution < -0.4 is 10.2 Å². The van der Waals surface area contributed by atoms with Gasteiger partial charge >= 0.3 is 0 Å². The number of piperazine rings is 1. The topological polar surface area (TPSA) is 57.7 Å². The Kier molecular flexibility index (Phi) is 4.57. The molecule has 0 aromatic carbocycles. The van der Waals surface area contributed by atoms with Gasteiger partial charge in [-0.1, -0.05) is 11.6 Å². The molecular formula is C14H19ClN4O2. The van der Waals surface area contributed by atoms with Crippen LogP contribution in [0, 0.1) is 0 Å². The lowest BCUT2D eigenvalue weighted by atomic mass is 10.2. The lowest BCUT2D eigenvalue weighted by Crippen LogP contribution is -2.57. The quantitative estimate of drug-likeness (QED) is 0.855. The van der Waals surface area contributed by atoms with Crippen molar-refractivity contribution < 1.29 is 9.53 Å². The van der Waals surface area contributed by atoms with Crippen molar-refractivity contribution in [2.75, 3.05) is 50.8 Å². The number of anilines is 1. The van der Waals surface area contributed by atoms with Gasteiger partial charge in [-0.2, -0.15) is 0 Å². The van der Waals surface area contributed by atoms with Crippen molar-refractivity contribution in [3.8, 4) is 0 Å². The van der Waals surface area contributed by atoms with Crippen molar-refractivity contribution >= 4 is 23.3 Å². The minimum atomic E-state index is -0.195. The monoisotopic (exact) mass is 310 g/mol. The van der Waals surface area contributed by atoms with Crippen LogP contribution in [0.25, 0.3) is 0 Å². The second-order valence-corrected chi connectivity index (χ2v) is 5.67. The molecule has 21 heavy (non-hydrogen) atoms. The molecule has 2 saturated heterocycles. The molecule has 1 aromatic heterocycles. The Labute approximate surface area is 129 Å². The molecule has 7 heteroatoms. The van der Waals surface area contributed by atoms with Crippen LogP contribution in [0.5, 0.6) is 0 Å². The fourth-order valence-electron chi connectivity index (χ4n) is 2.66. The van der Waals surface area contributed by atoms with Gasteiger partial charge < -0.3 is 19.9 Å². The first-order valence-corrected chi connectivity index (χ1v) is 7.58. The number of aromatic nitrogens is 1. The van der Waals surface area contributed by atoms with E-state index in [1.807, 2.05) is 17.0 Å². The first kappa shape index (κ1) is 14.6. The number of morpholine rings is 1. The molecule has 0 saturated carbocycles. The van der Waals surface area contributed by atoms with Crippen LogP contribution in [-0.2, 0) is 9.53 Å². The molecule has 0 spiro atoms. The number of carbonyl (C=O) groups excluding carboxylic acids is 1. The number of nitrogens with zero attached hydrogens (tertiary/aromatic N) is 3. The summed E-state index contributed by atoms with van der Waals surface area (Å²) in [6.07, 6.45) is 1.65. The maximum Gasteiger partial charge on any atom is 0.242 e. The maximum absolute atomic E-state index is 12.4.